The van der Waals surface area contributed by atoms with Crippen molar-refractivity contribution < 1.29 is 24.1 Å². The van der Waals surface area contributed by atoms with Crippen molar-refractivity contribution in [1.82, 2.24) is 10.5 Å². The van der Waals surface area contributed by atoms with Crippen molar-refractivity contribution in [2.45, 2.75) is 38.7 Å². The summed E-state index contributed by atoms with van der Waals surface area (Å²) >= 11 is 0. The van der Waals surface area contributed by atoms with Crippen molar-refractivity contribution in [3.8, 4) is 0 Å². The molecule has 1 amide bonds. The molecule has 1 aliphatic rings. The van der Waals surface area contributed by atoms with Gasteiger partial charge in [-0.25, -0.2) is 0 Å². The van der Waals surface area contributed by atoms with Gasteiger partial charge in [0.2, 0.25) is 5.91 Å². The van der Waals surface area contributed by atoms with Gasteiger partial charge in [0, 0.05) is 24.1 Å². The number of rotatable bonds is 8. The number of nitrogens with one attached hydrogen (secondary N) is 2. The number of aromatic nitrogens is 1. The molecule has 1 aromatic carbocycles. The van der Waals surface area contributed by atoms with E-state index in [1.165, 1.54) is 0 Å². The summed E-state index contributed by atoms with van der Waals surface area (Å²) in [5.41, 5.74) is 8.54. The number of oxime groups is 1. The van der Waals surface area contributed by atoms with Crippen molar-refractivity contribution in [2.75, 3.05) is 6.54 Å². The van der Waals surface area contributed by atoms with Crippen LogP contribution in [0.25, 0.3) is 0 Å². The van der Waals surface area contributed by atoms with Gasteiger partial charge in [-0.2, -0.15) is 0 Å². The first-order valence-corrected chi connectivity index (χ1v) is 9.36. The maximum atomic E-state index is 12.3. The first kappa shape index (κ1) is 21.0. The van der Waals surface area contributed by atoms with Crippen molar-refractivity contribution in [3.63, 3.8) is 0 Å². The highest BCUT2D eigenvalue weighted by atomic mass is 16.6. The number of carbonyl (C=O) groups excluding carboxylic acids is 1. The van der Waals surface area contributed by atoms with Crippen molar-refractivity contribution >= 4 is 23.4 Å². The Morgan fingerprint density at radius 3 is 2.60 bits per heavy atom. The van der Waals surface area contributed by atoms with Crippen LogP contribution < -0.4 is 11.1 Å². The summed E-state index contributed by atoms with van der Waals surface area (Å²) in [5.74, 6) is -1.95. The molecule has 0 fully saturated rings. The molecule has 0 aliphatic carbocycles. The van der Waals surface area contributed by atoms with Gasteiger partial charge in [-0.3, -0.25) is 15.0 Å². The zero-order valence-corrected chi connectivity index (χ0v) is 16.6. The molecule has 1 unspecified atom stereocenters. The molecule has 10 nitrogen and oxygen atoms in total. The molecule has 0 radical (unpaired) electrons. The van der Waals surface area contributed by atoms with Gasteiger partial charge < -0.3 is 25.5 Å². The molecule has 0 saturated carbocycles. The van der Waals surface area contributed by atoms with E-state index in [-0.39, 0.29) is 24.7 Å². The highest BCUT2D eigenvalue weighted by molar-refractivity contribution is 6.02. The third-order valence-corrected chi connectivity index (χ3v) is 4.91. The zero-order chi connectivity index (χ0) is 21.8. The monoisotopic (exact) mass is 413 g/mol. The maximum absolute atomic E-state index is 12.3. The summed E-state index contributed by atoms with van der Waals surface area (Å²) in [6.07, 6.45) is 0.0563. The van der Waals surface area contributed by atoms with E-state index in [1.807, 2.05) is 0 Å². The third kappa shape index (κ3) is 4.65. The van der Waals surface area contributed by atoms with Crippen molar-refractivity contribution in [1.29, 1.82) is 5.41 Å². The number of carbonyl (C=O) groups is 2. The van der Waals surface area contributed by atoms with Crippen LogP contribution in [0.1, 0.15) is 46.9 Å². The number of carboxylic acids is 1. The van der Waals surface area contributed by atoms with E-state index in [2.05, 4.69) is 15.6 Å². The lowest BCUT2D eigenvalue weighted by molar-refractivity contribution is -0.138. The number of nitrogen functional groups attached to an aromatic ring is 1. The Bertz CT molecular complexity index is 976. The van der Waals surface area contributed by atoms with E-state index in [9.17, 15) is 14.7 Å². The van der Waals surface area contributed by atoms with Gasteiger partial charge in [-0.15, -0.1) is 0 Å². The Morgan fingerprint density at radius 2 is 2.03 bits per heavy atom. The van der Waals surface area contributed by atoms with Crippen LogP contribution in [0.5, 0.6) is 0 Å². The van der Waals surface area contributed by atoms with Gasteiger partial charge in [-0.1, -0.05) is 34.6 Å². The summed E-state index contributed by atoms with van der Waals surface area (Å²) in [6.45, 7) is 3.23. The second-order valence-electron chi connectivity index (χ2n) is 7.10. The van der Waals surface area contributed by atoms with Gasteiger partial charge in [0.25, 0.3) is 0 Å². The van der Waals surface area contributed by atoms with E-state index in [0.29, 0.717) is 34.7 Å². The summed E-state index contributed by atoms with van der Waals surface area (Å²) in [6, 6.07) is 7.03. The molecule has 2 aromatic rings. The third-order valence-electron chi connectivity index (χ3n) is 4.91. The maximum Gasteiger partial charge on any atom is 0.312 e. The molecule has 2 atom stereocenters. The van der Waals surface area contributed by atoms with Gasteiger partial charge in [0.1, 0.15) is 23.6 Å². The molecule has 5 N–H and O–H groups in total. The topological polar surface area (TPSA) is 164 Å². The summed E-state index contributed by atoms with van der Waals surface area (Å²) in [5, 5.41) is 27.4. The van der Waals surface area contributed by atoms with Crippen LogP contribution >= 0.6 is 0 Å². The van der Waals surface area contributed by atoms with Gasteiger partial charge >= 0.3 is 5.97 Å². The molecule has 158 valence electrons. The standard InChI is InChI=1S/C20H23N5O5/c1-10-18(11(2)29-24-10)15(20(27)28)9-23-17(26)8-14-7-16(25-30-14)12-3-5-13(6-4-12)19(21)22/h3-6,14-15H,7-9H2,1-2H3,(H3,21,22)(H,23,26)(H,27,28)/t14?,15-/m1/s1. The number of amides is 1. The Labute approximate surface area is 172 Å². The minimum Gasteiger partial charge on any atom is -0.481 e. The lowest BCUT2D eigenvalue weighted by atomic mass is 9.97. The number of nitrogens with zero attached hydrogens (tertiary/aromatic N) is 2. The van der Waals surface area contributed by atoms with Crippen LogP contribution in [0.15, 0.2) is 33.9 Å². The highest BCUT2D eigenvalue weighted by Gasteiger charge is 2.29. The number of aryl methyl sites for hydroxylation is 2. The number of nitrogens with two attached hydrogens (primary N) is 1. The van der Waals surface area contributed by atoms with Crippen LogP contribution in [0.4, 0.5) is 0 Å². The van der Waals surface area contributed by atoms with E-state index in [4.69, 9.17) is 20.5 Å². The number of carboxylic acid groups (broad SMARTS) is 1. The zero-order valence-electron chi connectivity index (χ0n) is 16.6. The fraction of sp³-hybridized carbons (Fsp3) is 0.350. The second-order valence-corrected chi connectivity index (χ2v) is 7.10. The van der Waals surface area contributed by atoms with Crippen molar-refractivity contribution in [3.05, 3.63) is 52.4 Å². The molecule has 0 saturated heterocycles. The molecular weight excluding hydrogens is 390 g/mol. The minimum absolute atomic E-state index is 0.0167. The van der Waals surface area contributed by atoms with Crippen LogP contribution in [0.2, 0.25) is 0 Å². The molecule has 1 aliphatic heterocycles. The van der Waals surface area contributed by atoms with E-state index < -0.39 is 18.0 Å². The van der Waals surface area contributed by atoms with Crippen LogP contribution in [-0.4, -0.2) is 46.3 Å². The van der Waals surface area contributed by atoms with E-state index >= 15 is 0 Å². The molecule has 3 rings (SSSR count). The Kier molecular flexibility index (Phi) is 6.14. The molecular formula is C20H23N5O5. The average molecular weight is 413 g/mol. The number of amidine groups is 1. The predicted molar refractivity (Wildman–Crippen MR) is 107 cm³/mol. The number of hydrogen-bond donors (Lipinski definition) is 4. The van der Waals surface area contributed by atoms with E-state index in [0.717, 1.165) is 5.56 Å². The molecule has 0 bridgehead atoms. The number of hydrogen-bond acceptors (Lipinski definition) is 7. The van der Waals surface area contributed by atoms with Crippen molar-refractivity contribution in [2.24, 2.45) is 10.9 Å². The first-order chi connectivity index (χ1) is 14.3. The number of aliphatic carboxylic acids is 1. The van der Waals surface area contributed by atoms with Crippen LogP contribution in [-0.2, 0) is 14.4 Å². The Hall–Kier alpha value is -3.69. The lowest BCUT2D eigenvalue weighted by Gasteiger charge is -2.14. The Balaban J connectivity index is 1.53. The smallest absolute Gasteiger partial charge is 0.312 e. The van der Waals surface area contributed by atoms with Crippen LogP contribution in [0, 0.1) is 19.3 Å². The second kappa shape index (κ2) is 8.76. The number of benzene rings is 1. The summed E-state index contributed by atoms with van der Waals surface area (Å²) < 4.78 is 5.04. The molecule has 1 aromatic heterocycles. The Morgan fingerprint density at radius 1 is 1.33 bits per heavy atom. The quantitative estimate of drug-likeness (QED) is 0.375. The highest BCUT2D eigenvalue weighted by Crippen LogP contribution is 2.24. The molecule has 10 heteroatoms. The normalized spacial score (nSPS) is 16.5. The largest absolute Gasteiger partial charge is 0.481 e. The first-order valence-electron chi connectivity index (χ1n) is 9.36. The minimum atomic E-state index is -1.07. The summed E-state index contributed by atoms with van der Waals surface area (Å²) in [7, 11) is 0. The van der Waals surface area contributed by atoms with E-state index in [1.54, 1.807) is 38.1 Å². The molecule has 30 heavy (non-hydrogen) atoms. The lowest BCUT2D eigenvalue weighted by Crippen LogP contribution is -2.34. The fourth-order valence-corrected chi connectivity index (χ4v) is 3.35. The average Bonchev–Trinajstić information content (AvgIpc) is 3.29. The molecule has 2 heterocycles. The SMILES string of the molecule is Cc1noc(C)c1[C@@H](CNC(=O)CC1CC(c2ccc(C(=N)N)cc2)=NO1)C(=O)O. The predicted octanol–water partition coefficient (Wildman–Crippen LogP) is 1.44. The molecule has 0 spiro atoms. The van der Waals surface area contributed by atoms with Gasteiger partial charge in [0.05, 0.1) is 17.8 Å². The van der Waals surface area contributed by atoms with Crippen LogP contribution in [0.3, 0.4) is 0 Å². The summed E-state index contributed by atoms with van der Waals surface area (Å²) in [4.78, 5) is 29.3. The fourth-order valence-electron chi connectivity index (χ4n) is 3.35. The van der Waals surface area contributed by atoms with Gasteiger partial charge in [-0.05, 0) is 19.4 Å². The van der Waals surface area contributed by atoms with Gasteiger partial charge in [0.15, 0.2) is 0 Å².